The van der Waals surface area contributed by atoms with Crippen LogP contribution in [0.1, 0.15) is 37.3 Å². The minimum atomic E-state index is -0.366. The molecule has 0 aliphatic carbocycles. The number of imide groups is 1. The van der Waals surface area contributed by atoms with E-state index in [0.29, 0.717) is 20.5 Å². The number of piperidine rings is 1. The van der Waals surface area contributed by atoms with Gasteiger partial charge in [-0.1, -0.05) is 45.2 Å². The van der Waals surface area contributed by atoms with E-state index in [9.17, 15) is 14.4 Å². The smallest absolute Gasteiger partial charge is 0.293 e. The lowest BCUT2D eigenvalue weighted by Gasteiger charge is -2.33. The standard InChI is InChI=1S/C27H24BrCl2N3O3S/c1-16-4-2-3-9-32(16)25(34)15-31-14-18(20-12-19(28)6-8-23(20)31)11-24-26(35)33(27(36)37-24)13-17-5-7-21(29)22(30)10-17/h5-8,10-12,14,16H,2-4,9,13,15H2,1H3/b24-11-/t16-/m0/s1. The number of carbonyl (C=O) groups excluding carboxylic acids is 3. The molecule has 2 saturated heterocycles. The molecule has 0 spiro atoms. The first kappa shape index (κ1) is 26.4. The maximum Gasteiger partial charge on any atom is 0.293 e. The minimum absolute atomic E-state index is 0.0838. The zero-order chi connectivity index (χ0) is 26.3. The minimum Gasteiger partial charge on any atom is -0.338 e. The Morgan fingerprint density at radius 1 is 1.14 bits per heavy atom. The summed E-state index contributed by atoms with van der Waals surface area (Å²) in [4.78, 5) is 42.6. The number of nitrogens with zero attached hydrogens (tertiary/aromatic N) is 3. The Bertz CT molecular complexity index is 1450. The molecule has 3 aromatic rings. The summed E-state index contributed by atoms with van der Waals surface area (Å²) in [6.45, 7) is 3.20. The van der Waals surface area contributed by atoms with Crippen LogP contribution in [0.2, 0.25) is 10.0 Å². The van der Waals surface area contributed by atoms with E-state index in [1.165, 1.54) is 4.90 Å². The summed E-state index contributed by atoms with van der Waals surface area (Å²) in [5, 5.41) is 1.33. The number of halogens is 3. The largest absolute Gasteiger partial charge is 0.338 e. The highest BCUT2D eigenvalue weighted by Crippen LogP contribution is 2.36. The summed E-state index contributed by atoms with van der Waals surface area (Å²) in [5.41, 5.74) is 2.38. The summed E-state index contributed by atoms with van der Waals surface area (Å²) in [7, 11) is 0. The number of aromatic nitrogens is 1. The number of carbonyl (C=O) groups is 3. The maximum absolute atomic E-state index is 13.2. The van der Waals surface area contributed by atoms with Gasteiger partial charge in [-0.15, -0.1) is 0 Å². The van der Waals surface area contributed by atoms with E-state index in [1.807, 2.05) is 33.9 Å². The lowest BCUT2D eigenvalue weighted by Crippen LogP contribution is -2.43. The predicted molar refractivity (Wildman–Crippen MR) is 153 cm³/mol. The van der Waals surface area contributed by atoms with E-state index < -0.39 is 0 Å². The van der Waals surface area contributed by atoms with Crippen LogP contribution in [-0.4, -0.2) is 44.0 Å². The quantitative estimate of drug-likeness (QED) is 0.280. The molecule has 2 aliphatic rings. The van der Waals surface area contributed by atoms with E-state index in [1.54, 1.807) is 24.3 Å². The summed E-state index contributed by atoms with van der Waals surface area (Å²) in [6, 6.07) is 11.1. The van der Waals surface area contributed by atoms with Gasteiger partial charge >= 0.3 is 0 Å². The van der Waals surface area contributed by atoms with Gasteiger partial charge in [0.05, 0.1) is 21.5 Å². The number of rotatable bonds is 5. The summed E-state index contributed by atoms with van der Waals surface area (Å²) < 4.78 is 2.81. The van der Waals surface area contributed by atoms with Crippen molar-refractivity contribution in [2.24, 2.45) is 0 Å². The molecule has 0 saturated carbocycles. The Hall–Kier alpha value is -2.26. The fraction of sp³-hybridized carbons (Fsp3) is 0.296. The topological polar surface area (TPSA) is 62.6 Å². The molecule has 0 radical (unpaired) electrons. The van der Waals surface area contributed by atoms with E-state index in [2.05, 4.69) is 22.9 Å². The van der Waals surface area contributed by atoms with Gasteiger partial charge in [0.25, 0.3) is 11.1 Å². The van der Waals surface area contributed by atoms with E-state index in [-0.39, 0.29) is 36.2 Å². The number of hydrogen-bond donors (Lipinski definition) is 0. The number of amides is 3. The van der Waals surface area contributed by atoms with Crippen LogP contribution in [0.4, 0.5) is 4.79 Å². The highest BCUT2D eigenvalue weighted by Gasteiger charge is 2.35. The Labute approximate surface area is 237 Å². The first-order chi connectivity index (χ1) is 17.7. The first-order valence-electron chi connectivity index (χ1n) is 12.0. The van der Waals surface area contributed by atoms with Crippen molar-refractivity contribution in [3.8, 4) is 0 Å². The third-order valence-corrected chi connectivity index (χ3v) is 8.93. The third kappa shape index (κ3) is 5.48. The molecule has 37 heavy (non-hydrogen) atoms. The Balaban J connectivity index is 1.43. The highest BCUT2D eigenvalue weighted by atomic mass is 79.9. The van der Waals surface area contributed by atoms with Crippen LogP contribution in [-0.2, 0) is 22.7 Å². The normalized spacial score (nSPS) is 19.5. The molecular weight excluding hydrogens is 597 g/mol. The zero-order valence-electron chi connectivity index (χ0n) is 20.0. The van der Waals surface area contributed by atoms with Gasteiger partial charge in [-0.3, -0.25) is 19.3 Å². The second-order valence-electron chi connectivity index (χ2n) is 9.32. The van der Waals surface area contributed by atoms with Crippen LogP contribution >= 0.6 is 50.9 Å². The van der Waals surface area contributed by atoms with Crippen LogP contribution in [0.5, 0.6) is 0 Å². The summed E-state index contributed by atoms with van der Waals surface area (Å²) in [5.74, 6) is -0.282. The molecule has 0 bridgehead atoms. The van der Waals surface area contributed by atoms with Crippen molar-refractivity contribution in [2.75, 3.05) is 6.54 Å². The van der Waals surface area contributed by atoms with Crippen molar-refractivity contribution in [3.63, 3.8) is 0 Å². The van der Waals surface area contributed by atoms with Crippen molar-refractivity contribution in [2.45, 2.75) is 45.3 Å². The van der Waals surface area contributed by atoms with Crippen LogP contribution in [0.15, 0.2) is 52.0 Å². The number of fused-ring (bicyclic) bond motifs is 1. The SMILES string of the molecule is C[C@H]1CCCCN1C(=O)Cn1cc(/C=C2\SC(=O)N(Cc3ccc(Cl)c(Cl)c3)C2=O)c2cc(Br)ccc21. The van der Waals surface area contributed by atoms with Gasteiger partial charge in [-0.2, -0.15) is 0 Å². The van der Waals surface area contributed by atoms with Gasteiger partial charge in [0, 0.05) is 39.7 Å². The van der Waals surface area contributed by atoms with Gasteiger partial charge in [-0.25, -0.2) is 0 Å². The van der Waals surface area contributed by atoms with Gasteiger partial charge in [0.1, 0.15) is 6.54 Å². The molecule has 1 atom stereocenters. The molecule has 0 N–H and O–H groups in total. The van der Waals surface area contributed by atoms with E-state index in [0.717, 1.165) is 58.5 Å². The van der Waals surface area contributed by atoms with Gasteiger partial charge in [0.15, 0.2) is 0 Å². The average Bonchev–Trinajstić information content (AvgIpc) is 3.32. The van der Waals surface area contributed by atoms with E-state index in [4.69, 9.17) is 23.2 Å². The number of thioether (sulfide) groups is 1. The van der Waals surface area contributed by atoms with Crippen LogP contribution in [0, 0.1) is 0 Å². The average molecular weight is 621 g/mol. The van der Waals surface area contributed by atoms with Crippen molar-refractivity contribution in [1.82, 2.24) is 14.4 Å². The third-order valence-electron chi connectivity index (χ3n) is 6.79. The van der Waals surface area contributed by atoms with Gasteiger partial charge in [-0.05, 0) is 79.9 Å². The first-order valence-corrected chi connectivity index (χ1v) is 14.3. The number of likely N-dealkylation sites (tertiary alicyclic amines) is 1. The molecule has 0 unspecified atom stereocenters. The Morgan fingerprint density at radius 2 is 1.95 bits per heavy atom. The van der Waals surface area contributed by atoms with Gasteiger partial charge in [0.2, 0.25) is 5.91 Å². The maximum atomic E-state index is 13.2. The molecule has 1 aromatic heterocycles. The zero-order valence-corrected chi connectivity index (χ0v) is 24.0. The molecule has 192 valence electrons. The Kier molecular flexibility index (Phi) is 7.73. The molecule has 10 heteroatoms. The monoisotopic (exact) mass is 619 g/mol. The number of hydrogen-bond acceptors (Lipinski definition) is 4. The van der Waals surface area contributed by atoms with Crippen molar-refractivity contribution >= 4 is 84.9 Å². The molecule has 2 aromatic carbocycles. The lowest BCUT2D eigenvalue weighted by atomic mass is 10.0. The van der Waals surface area contributed by atoms with Crippen molar-refractivity contribution < 1.29 is 14.4 Å². The highest BCUT2D eigenvalue weighted by molar-refractivity contribution is 9.10. The molecule has 2 aliphatic heterocycles. The van der Waals surface area contributed by atoms with Crippen molar-refractivity contribution in [1.29, 1.82) is 0 Å². The summed E-state index contributed by atoms with van der Waals surface area (Å²) >= 11 is 16.5. The summed E-state index contributed by atoms with van der Waals surface area (Å²) in [6.07, 6.45) is 6.82. The molecule has 6 nitrogen and oxygen atoms in total. The molecule has 3 heterocycles. The second kappa shape index (κ2) is 10.8. The molecule has 3 amide bonds. The molecular formula is C27H24BrCl2N3O3S. The van der Waals surface area contributed by atoms with Crippen LogP contribution < -0.4 is 0 Å². The lowest BCUT2D eigenvalue weighted by molar-refractivity contribution is -0.135. The fourth-order valence-corrected chi connectivity index (χ4v) is 6.36. The molecule has 5 rings (SSSR count). The number of benzene rings is 2. The predicted octanol–water partition coefficient (Wildman–Crippen LogP) is 7.35. The Morgan fingerprint density at radius 3 is 2.70 bits per heavy atom. The molecule has 2 fully saturated rings. The van der Waals surface area contributed by atoms with Crippen LogP contribution in [0.3, 0.4) is 0 Å². The van der Waals surface area contributed by atoms with E-state index >= 15 is 0 Å². The van der Waals surface area contributed by atoms with Gasteiger partial charge < -0.3 is 9.47 Å². The van der Waals surface area contributed by atoms with Crippen molar-refractivity contribution in [3.05, 3.63) is 73.1 Å². The fourth-order valence-electron chi connectivity index (χ4n) is 4.85. The second-order valence-corrected chi connectivity index (χ2v) is 12.0. The van der Waals surface area contributed by atoms with Crippen LogP contribution in [0.25, 0.3) is 17.0 Å².